The van der Waals surface area contributed by atoms with Crippen molar-refractivity contribution >= 4 is 17.8 Å². The van der Waals surface area contributed by atoms with Crippen LogP contribution >= 0.6 is 0 Å². The number of primary amides is 1. The molecule has 4 amide bonds. The molecule has 2 aromatic rings. The molecule has 5 N–H and O–H groups in total. The highest BCUT2D eigenvalue weighted by Gasteiger charge is 2.25. The number of hydrazine groups is 1. The van der Waals surface area contributed by atoms with Gasteiger partial charge in [-0.3, -0.25) is 20.4 Å². The zero-order valence-corrected chi connectivity index (χ0v) is 16.5. The van der Waals surface area contributed by atoms with Crippen LogP contribution in [0, 0.1) is 5.92 Å². The number of nitrogens with one attached hydrogen (secondary N) is 3. The minimum atomic E-state index is -0.850. The lowest BCUT2D eigenvalue weighted by Gasteiger charge is -2.22. The number of amides is 4. The van der Waals surface area contributed by atoms with E-state index in [1.54, 1.807) is 13.0 Å². The van der Waals surface area contributed by atoms with E-state index in [9.17, 15) is 14.4 Å². The number of urea groups is 1. The quantitative estimate of drug-likeness (QED) is 0.508. The highest BCUT2D eigenvalue weighted by Crippen LogP contribution is 2.29. The van der Waals surface area contributed by atoms with Crippen LogP contribution in [-0.2, 0) is 9.59 Å². The maximum absolute atomic E-state index is 12.3. The average Bonchev–Trinajstić information content (AvgIpc) is 2.74. The summed E-state index contributed by atoms with van der Waals surface area (Å²) in [4.78, 5) is 35.5. The molecule has 0 aromatic heterocycles. The van der Waals surface area contributed by atoms with Crippen LogP contribution in [0.5, 0.6) is 5.75 Å². The average molecular weight is 398 g/mol. The molecule has 0 heterocycles. The molecule has 0 aliphatic heterocycles. The molecule has 2 atom stereocenters. The Morgan fingerprint density at radius 2 is 1.66 bits per heavy atom. The Labute approximate surface area is 169 Å². The highest BCUT2D eigenvalue weighted by molar-refractivity contribution is 5.89. The Morgan fingerprint density at radius 1 is 1.00 bits per heavy atom. The van der Waals surface area contributed by atoms with Gasteiger partial charge in [-0.25, -0.2) is 4.79 Å². The van der Waals surface area contributed by atoms with Gasteiger partial charge in [0.15, 0.2) is 6.61 Å². The van der Waals surface area contributed by atoms with E-state index in [0.29, 0.717) is 12.2 Å². The van der Waals surface area contributed by atoms with Crippen LogP contribution in [0.25, 0.3) is 11.1 Å². The van der Waals surface area contributed by atoms with Gasteiger partial charge in [-0.05, 0) is 17.5 Å². The molecule has 0 radical (unpaired) electrons. The van der Waals surface area contributed by atoms with E-state index in [1.807, 2.05) is 55.5 Å². The van der Waals surface area contributed by atoms with Crippen LogP contribution in [0.2, 0.25) is 0 Å². The fourth-order valence-electron chi connectivity index (χ4n) is 2.69. The van der Waals surface area contributed by atoms with Gasteiger partial charge in [0.1, 0.15) is 11.8 Å². The lowest BCUT2D eigenvalue weighted by Crippen LogP contribution is -2.56. The third-order valence-electron chi connectivity index (χ3n) is 4.45. The van der Waals surface area contributed by atoms with Crippen LogP contribution in [0.1, 0.15) is 20.3 Å². The monoisotopic (exact) mass is 398 g/mol. The summed E-state index contributed by atoms with van der Waals surface area (Å²) in [6, 6.07) is 15.4. The van der Waals surface area contributed by atoms with Crippen molar-refractivity contribution in [3.63, 3.8) is 0 Å². The fourth-order valence-corrected chi connectivity index (χ4v) is 2.69. The van der Waals surface area contributed by atoms with E-state index in [0.717, 1.165) is 11.1 Å². The Bertz CT molecular complexity index is 842. The number of benzene rings is 2. The van der Waals surface area contributed by atoms with Gasteiger partial charge >= 0.3 is 6.03 Å². The van der Waals surface area contributed by atoms with Crippen molar-refractivity contribution in [3.8, 4) is 16.9 Å². The van der Waals surface area contributed by atoms with E-state index in [1.165, 1.54) is 0 Å². The largest absolute Gasteiger partial charge is 0.483 e. The van der Waals surface area contributed by atoms with Crippen LogP contribution in [-0.4, -0.2) is 30.5 Å². The smallest absolute Gasteiger partial charge is 0.312 e. The van der Waals surface area contributed by atoms with Gasteiger partial charge in [-0.2, -0.15) is 0 Å². The molecule has 0 aliphatic rings. The number of nitrogens with two attached hydrogens (primary N) is 1. The second-order valence-electron chi connectivity index (χ2n) is 6.56. The van der Waals surface area contributed by atoms with Crippen LogP contribution in [0.3, 0.4) is 0 Å². The molecule has 0 bridgehead atoms. The van der Waals surface area contributed by atoms with Crippen molar-refractivity contribution in [1.82, 2.24) is 16.2 Å². The van der Waals surface area contributed by atoms with Gasteiger partial charge in [-0.15, -0.1) is 0 Å². The molecule has 154 valence electrons. The summed E-state index contributed by atoms with van der Waals surface area (Å²) in [5.41, 5.74) is 11.5. The third-order valence-corrected chi connectivity index (χ3v) is 4.45. The molecule has 0 spiro atoms. The van der Waals surface area contributed by atoms with Crippen molar-refractivity contribution < 1.29 is 19.1 Å². The molecule has 8 nitrogen and oxygen atoms in total. The van der Waals surface area contributed by atoms with Gasteiger partial charge < -0.3 is 15.8 Å². The summed E-state index contributed by atoms with van der Waals surface area (Å²) in [6.45, 7) is 3.39. The van der Waals surface area contributed by atoms with E-state index in [4.69, 9.17) is 10.5 Å². The van der Waals surface area contributed by atoms with E-state index in [2.05, 4.69) is 16.2 Å². The van der Waals surface area contributed by atoms with Gasteiger partial charge in [-0.1, -0.05) is 68.8 Å². The SMILES string of the molecule is CC[C@H](C)[C@H](NC(N)=O)C(=O)NNC(=O)COc1ccccc1-c1ccccc1. The number of para-hydroxylation sites is 1. The lowest BCUT2D eigenvalue weighted by atomic mass is 9.99. The molecule has 8 heteroatoms. The topological polar surface area (TPSA) is 123 Å². The highest BCUT2D eigenvalue weighted by atomic mass is 16.5. The number of carbonyl (C=O) groups excluding carboxylic acids is 3. The Kier molecular flexibility index (Phi) is 8.02. The van der Waals surface area contributed by atoms with Gasteiger partial charge in [0.2, 0.25) is 0 Å². The van der Waals surface area contributed by atoms with Crippen molar-refractivity contribution in [1.29, 1.82) is 0 Å². The number of carbonyl (C=O) groups is 3. The minimum absolute atomic E-state index is 0.159. The first kappa shape index (κ1) is 21.7. The summed E-state index contributed by atoms with van der Waals surface area (Å²) in [7, 11) is 0. The van der Waals surface area contributed by atoms with E-state index >= 15 is 0 Å². The van der Waals surface area contributed by atoms with Crippen molar-refractivity contribution in [2.24, 2.45) is 11.7 Å². The number of hydrogen-bond acceptors (Lipinski definition) is 4. The first-order valence-electron chi connectivity index (χ1n) is 9.34. The first-order chi connectivity index (χ1) is 13.9. The van der Waals surface area contributed by atoms with E-state index in [-0.39, 0.29) is 12.5 Å². The number of ether oxygens (including phenoxy) is 1. The number of rotatable bonds is 8. The minimum Gasteiger partial charge on any atom is -0.483 e. The standard InChI is InChI=1S/C21H26N4O4/c1-3-14(2)19(23-21(22)28)20(27)25-24-18(26)13-29-17-12-8-7-11-16(17)15-9-5-4-6-10-15/h4-12,14,19H,3,13H2,1-2H3,(H,24,26)(H,25,27)(H3,22,23,28)/t14-,19-/m0/s1. The molecular weight excluding hydrogens is 372 g/mol. The maximum Gasteiger partial charge on any atom is 0.312 e. The third kappa shape index (κ3) is 6.53. The first-order valence-corrected chi connectivity index (χ1v) is 9.34. The predicted octanol–water partition coefficient (Wildman–Crippen LogP) is 1.96. The summed E-state index contributed by atoms with van der Waals surface area (Å²) >= 11 is 0. The molecule has 0 saturated heterocycles. The molecule has 0 saturated carbocycles. The molecule has 0 aliphatic carbocycles. The lowest BCUT2D eigenvalue weighted by molar-refractivity contribution is -0.131. The summed E-state index contributed by atoms with van der Waals surface area (Å²) in [5.74, 6) is -0.708. The summed E-state index contributed by atoms with van der Waals surface area (Å²) in [6.07, 6.45) is 0.645. The van der Waals surface area contributed by atoms with Crippen LogP contribution in [0.15, 0.2) is 54.6 Å². The molecule has 2 rings (SSSR count). The molecule has 0 fully saturated rings. The molecule has 29 heavy (non-hydrogen) atoms. The van der Waals surface area contributed by atoms with Crippen molar-refractivity contribution in [2.75, 3.05) is 6.61 Å². The second-order valence-corrected chi connectivity index (χ2v) is 6.56. The molecule has 0 unspecified atom stereocenters. The Balaban J connectivity index is 1.92. The van der Waals surface area contributed by atoms with Crippen molar-refractivity contribution in [2.45, 2.75) is 26.3 Å². The van der Waals surface area contributed by atoms with E-state index < -0.39 is 23.9 Å². The summed E-state index contributed by atoms with van der Waals surface area (Å²) in [5, 5.41) is 2.38. The van der Waals surface area contributed by atoms with Gasteiger partial charge in [0.25, 0.3) is 11.8 Å². The zero-order chi connectivity index (χ0) is 21.2. The van der Waals surface area contributed by atoms with Crippen LogP contribution < -0.4 is 26.6 Å². The fraction of sp³-hybridized carbons (Fsp3) is 0.286. The predicted molar refractivity (Wildman–Crippen MR) is 110 cm³/mol. The van der Waals surface area contributed by atoms with Crippen LogP contribution in [0.4, 0.5) is 4.79 Å². The Hall–Kier alpha value is -3.55. The normalized spacial score (nSPS) is 12.3. The Morgan fingerprint density at radius 3 is 2.31 bits per heavy atom. The molecular formula is C21H26N4O4. The molecule has 2 aromatic carbocycles. The van der Waals surface area contributed by atoms with Gasteiger partial charge in [0.05, 0.1) is 0 Å². The van der Waals surface area contributed by atoms with Crippen molar-refractivity contribution in [3.05, 3.63) is 54.6 Å². The zero-order valence-electron chi connectivity index (χ0n) is 16.5. The maximum atomic E-state index is 12.3. The summed E-state index contributed by atoms with van der Waals surface area (Å²) < 4.78 is 5.63. The second kappa shape index (κ2) is 10.7. The van der Waals surface area contributed by atoms with Gasteiger partial charge in [0, 0.05) is 5.56 Å². The number of hydrogen-bond donors (Lipinski definition) is 4.